The standard InChI is InChI=1S/C18H17N5O2/c1-25-14-9-7-12(8-10-14)15-11-16(24)22-18(21-15)23-17(19)20-13-5-3-2-4-6-13/h2-11H,1H3,(H4,19,20,21,22,23,24). The summed E-state index contributed by atoms with van der Waals surface area (Å²) < 4.78 is 5.13. The van der Waals surface area contributed by atoms with Crippen molar-refractivity contribution in [3.05, 3.63) is 71.0 Å². The molecular weight excluding hydrogens is 318 g/mol. The second kappa shape index (κ2) is 7.31. The first-order chi connectivity index (χ1) is 12.1. The second-order valence-electron chi connectivity index (χ2n) is 5.17. The fourth-order valence-corrected chi connectivity index (χ4v) is 2.22. The maximum absolute atomic E-state index is 11.9. The van der Waals surface area contributed by atoms with Gasteiger partial charge in [0.1, 0.15) is 5.75 Å². The third-order valence-corrected chi connectivity index (χ3v) is 3.39. The van der Waals surface area contributed by atoms with Gasteiger partial charge in [-0.25, -0.2) is 4.98 Å². The normalized spacial score (nSPS) is 11.2. The predicted molar refractivity (Wildman–Crippen MR) is 98.2 cm³/mol. The fourth-order valence-electron chi connectivity index (χ4n) is 2.22. The Labute approximate surface area is 144 Å². The van der Waals surface area contributed by atoms with Crippen LogP contribution in [0.15, 0.2) is 70.5 Å². The minimum Gasteiger partial charge on any atom is -0.497 e. The molecule has 0 bridgehead atoms. The highest BCUT2D eigenvalue weighted by molar-refractivity contribution is 5.93. The van der Waals surface area contributed by atoms with Crippen LogP contribution in [0.2, 0.25) is 0 Å². The van der Waals surface area contributed by atoms with Gasteiger partial charge in [0.2, 0.25) is 11.9 Å². The number of nitrogens with two attached hydrogens (primary N) is 1. The number of aromatic nitrogens is 2. The second-order valence-corrected chi connectivity index (χ2v) is 5.17. The Bertz CT molecular complexity index is 934. The molecule has 0 saturated carbocycles. The van der Waals surface area contributed by atoms with Crippen molar-refractivity contribution < 1.29 is 4.74 Å². The average molecular weight is 335 g/mol. The van der Waals surface area contributed by atoms with Crippen LogP contribution in [0, 0.1) is 0 Å². The molecule has 3 rings (SSSR count). The number of aliphatic imine (C=N–C) groups is 1. The van der Waals surface area contributed by atoms with E-state index in [4.69, 9.17) is 10.5 Å². The molecule has 0 amide bonds. The van der Waals surface area contributed by atoms with E-state index in [0.717, 1.165) is 17.0 Å². The van der Waals surface area contributed by atoms with Crippen molar-refractivity contribution in [3.63, 3.8) is 0 Å². The number of benzene rings is 2. The van der Waals surface area contributed by atoms with Gasteiger partial charge in [0, 0.05) is 17.3 Å². The van der Waals surface area contributed by atoms with E-state index in [1.807, 2.05) is 42.5 Å². The molecule has 0 aliphatic rings. The van der Waals surface area contributed by atoms with Crippen molar-refractivity contribution in [1.29, 1.82) is 0 Å². The Morgan fingerprint density at radius 2 is 1.88 bits per heavy atom. The number of hydrogen-bond donors (Lipinski definition) is 3. The number of aromatic amines is 1. The number of methoxy groups -OCH3 is 1. The monoisotopic (exact) mass is 335 g/mol. The maximum Gasteiger partial charge on any atom is 0.252 e. The molecule has 7 nitrogen and oxygen atoms in total. The quantitative estimate of drug-likeness (QED) is 0.502. The summed E-state index contributed by atoms with van der Waals surface area (Å²) in [6, 6.07) is 18.0. The van der Waals surface area contributed by atoms with Crippen LogP contribution in [0.25, 0.3) is 11.3 Å². The van der Waals surface area contributed by atoms with Crippen LogP contribution < -0.4 is 21.3 Å². The van der Waals surface area contributed by atoms with Gasteiger partial charge in [-0.05, 0) is 36.4 Å². The molecule has 2 aromatic carbocycles. The highest BCUT2D eigenvalue weighted by Gasteiger charge is 2.05. The summed E-state index contributed by atoms with van der Waals surface area (Å²) in [5.41, 5.74) is 7.62. The lowest BCUT2D eigenvalue weighted by molar-refractivity contribution is 0.415. The number of anilines is 1. The summed E-state index contributed by atoms with van der Waals surface area (Å²) in [4.78, 5) is 22.9. The predicted octanol–water partition coefficient (Wildman–Crippen LogP) is 2.50. The molecule has 0 atom stereocenters. The molecular formula is C18H17N5O2. The number of H-pyrrole nitrogens is 1. The van der Waals surface area contributed by atoms with E-state index in [1.54, 1.807) is 19.2 Å². The van der Waals surface area contributed by atoms with Gasteiger partial charge >= 0.3 is 0 Å². The molecule has 4 N–H and O–H groups in total. The van der Waals surface area contributed by atoms with Crippen LogP contribution in [0.5, 0.6) is 5.75 Å². The van der Waals surface area contributed by atoms with Gasteiger partial charge < -0.3 is 15.8 Å². The number of rotatable bonds is 4. The lowest BCUT2D eigenvalue weighted by Gasteiger charge is -2.06. The Morgan fingerprint density at radius 1 is 1.16 bits per heavy atom. The molecule has 0 fully saturated rings. The van der Waals surface area contributed by atoms with E-state index in [0.29, 0.717) is 5.69 Å². The van der Waals surface area contributed by atoms with E-state index in [1.165, 1.54) is 6.07 Å². The molecule has 126 valence electrons. The Morgan fingerprint density at radius 3 is 2.56 bits per heavy atom. The van der Waals surface area contributed by atoms with E-state index in [-0.39, 0.29) is 17.5 Å². The van der Waals surface area contributed by atoms with Gasteiger partial charge in [-0.15, -0.1) is 0 Å². The number of para-hydroxylation sites is 1. The van der Waals surface area contributed by atoms with Crippen LogP contribution in [0.3, 0.4) is 0 Å². The van der Waals surface area contributed by atoms with Crippen molar-refractivity contribution in [3.8, 4) is 17.0 Å². The topological polar surface area (TPSA) is 105 Å². The molecule has 1 heterocycles. The lowest BCUT2D eigenvalue weighted by Crippen LogP contribution is -2.22. The summed E-state index contributed by atoms with van der Waals surface area (Å²) in [5.74, 6) is 0.976. The van der Waals surface area contributed by atoms with E-state index in [9.17, 15) is 4.79 Å². The highest BCUT2D eigenvalue weighted by atomic mass is 16.5. The maximum atomic E-state index is 11.9. The number of nitrogens with zero attached hydrogens (tertiary/aromatic N) is 2. The molecule has 7 heteroatoms. The highest BCUT2D eigenvalue weighted by Crippen LogP contribution is 2.20. The zero-order chi connectivity index (χ0) is 17.6. The van der Waals surface area contributed by atoms with Crippen molar-refractivity contribution in [1.82, 2.24) is 9.97 Å². The Hall–Kier alpha value is -3.61. The lowest BCUT2D eigenvalue weighted by atomic mass is 10.1. The van der Waals surface area contributed by atoms with Gasteiger partial charge in [-0.3, -0.25) is 9.78 Å². The number of guanidine groups is 1. The summed E-state index contributed by atoms with van der Waals surface area (Å²) in [5, 5.41) is 2.93. The number of nitrogens with one attached hydrogen (secondary N) is 2. The van der Waals surface area contributed by atoms with Crippen LogP contribution in [-0.4, -0.2) is 23.0 Å². The molecule has 0 aliphatic carbocycles. The van der Waals surface area contributed by atoms with Gasteiger partial charge in [0.05, 0.1) is 12.8 Å². The van der Waals surface area contributed by atoms with E-state index in [2.05, 4.69) is 20.3 Å². The van der Waals surface area contributed by atoms with Gasteiger partial charge in [-0.1, -0.05) is 18.2 Å². The molecule has 3 aromatic rings. The first-order valence-electron chi connectivity index (χ1n) is 7.56. The molecule has 0 unspecified atom stereocenters. The van der Waals surface area contributed by atoms with Crippen LogP contribution in [0.1, 0.15) is 0 Å². The van der Waals surface area contributed by atoms with Gasteiger partial charge in [-0.2, -0.15) is 4.99 Å². The fraction of sp³-hybridized carbons (Fsp3) is 0.0556. The molecule has 0 radical (unpaired) electrons. The van der Waals surface area contributed by atoms with Crippen LogP contribution in [-0.2, 0) is 0 Å². The minimum absolute atomic E-state index is 0.124. The zero-order valence-electron chi connectivity index (χ0n) is 13.6. The molecule has 1 aromatic heterocycles. The SMILES string of the molecule is COc1ccc(-c2cc(=O)[nH]c(/N=C(\N)Nc3ccccc3)n2)cc1. The first-order valence-corrected chi connectivity index (χ1v) is 7.56. The summed E-state index contributed by atoms with van der Waals surface area (Å²) in [6.07, 6.45) is 0. The summed E-state index contributed by atoms with van der Waals surface area (Å²) in [7, 11) is 1.59. The Kier molecular flexibility index (Phi) is 4.75. The van der Waals surface area contributed by atoms with E-state index >= 15 is 0 Å². The zero-order valence-corrected chi connectivity index (χ0v) is 13.6. The minimum atomic E-state index is -0.313. The molecule has 0 aliphatic heterocycles. The van der Waals surface area contributed by atoms with Crippen molar-refractivity contribution >= 4 is 17.6 Å². The third kappa shape index (κ3) is 4.23. The number of hydrogen-bond acceptors (Lipinski definition) is 4. The van der Waals surface area contributed by atoms with Gasteiger partial charge in [0.25, 0.3) is 5.56 Å². The van der Waals surface area contributed by atoms with Crippen LogP contribution in [0.4, 0.5) is 11.6 Å². The first kappa shape index (κ1) is 16.3. The molecule has 0 saturated heterocycles. The smallest absolute Gasteiger partial charge is 0.252 e. The number of ether oxygens (including phenoxy) is 1. The third-order valence-electron chi connectivity index (χ3n) is 3.39. The van der Waals surface area contributed by atoms with Crippen LogP contribution >= 0.6 is 0 Å². The van der Waals surface area contributed by atoms with Crippen molar-refractivity contribution in [2.45, 2.75) is 0 Å². The van der Waals surface area contributed by atoms with Crippen molar-refractivity contribution in [2.75, 3.05) is 12.4 Å². The average Bonchev–Trinajstić information content (AvgIpc) is 2.62. The largest absolute Gasteiger partial charge is 0.497 e. The van der Waals surface area contributed by atoms with Crippen molar-refractivity contribution in [2.24, 2.45) is 10.7 Å². The van der Waals surface area contributed by atoms with E-state index < -0.39 is 0 Å². The summed E-state index contributed by atoms with van der Waals surface area (Å²) >= 11 is 0. The Balaban J connectivity index is 1.88. The molecule has 25 heavy (non-hydrogen) atoms. The van der Waals surface area contributed by atoms with Gasteiger partial charge in [0.15, 0.2) is 0 Å². The summed E-state index contributed by atoms with van der Waals surface area (Å²) in [6.45, 7) is 0. The molecule has 0 spiro atoms.